The Kier molecular flexibility index (Phi) is 6.26. The molecule has 4 rings (SSSR count). The molecule has 9 heteroatoms. The molecule has 2 aromatic rings. The van der Waals surface area contributed by atoms with Crippen molar-refractivity contribution in [3.8, 4) is 5.88 Å². The highest BCUT2D eigenvalue weighted by Gasteiger charge is 2.43. The van der Waals surface area contributed by atoms with E-state index in [2.05, 4.69) is 26.9 Å². The third-order valence-corrected chi connectivity index (χ3v) is 7.30. The molecule has 2 aromatic heterocycles. The number of anilines is 1. The van der Waals surface area contributed by atoms with Crippen molar-refractivity contribution in [2.45, 2.75) is 50.3 Å². The highest BCUT2D eigenvalue weighted by Crippen LogP contribution is 2.49. The van der Waals surface area contributed by atoms with Crippen LogP contribution in [0.25, 0.3) is 0 Å². The van der Waals surface area contributed by atoms with Crippen molar-refractivity contribution < 1.29 is 17.7 Å². The molecule has 2 fully saturated rings. The minimum absolute atomic E-state index is 0.213. The first kappa shape index (κ1) is 21.1. The molecule has 3 heterocycles. The summed E-state index contributed by atoms with van der Waals surface area (Å²) in [6.45, 7) is 4.70. The van der Waals surface area contributed by atoms with E-state index < -0.39 is 9.84 Å². The lowest BCUT2D eigenvalue weighted by atomic mass is 9.91. The summed E-state index contributed by atoms with van der Waals surface area (Å²) in [6.07, 6.45) is 9.05. The Balaban J connectivity index is 1.17. The minimum atomic E-state index is -3.22. The average Bonchev–Trinajstić information content (AvgIpc) is 3.35. The summed E-state index contributed by atoms with van der Waals surface area (Å²) in [5.41, 5.74) is 0. The van der Waals surface area contributed by atoms with Crippen LogP contribution in [0.3, 0.4) is 0 Å². The molecule has 2 atom stereocenters. The zero-order valence-corrected chi connectivity index (χ0v) is 18.5. The number of aryl methyl sites for hydroxylation is 1. The Labute approximate surface area is 177 Å². The predicted octanol–water partition coefficient (Wildman–Crippen LogP) is 3.14. The van der Waals surface area contributed by atoms with Gasteiger partial charge in [-0.3, -0.25) is 0 Å². The van der Waals surface area contributed by atoms with Crippen molar-refractivity contribution in [2.75, 3.05) is 30.9 Å². The smallest absolute Gasteiger partial charge is 0.324 e. The summed E-state index contributed by atoms with van der Waals surface area (Å²) in [5.74, 6) is 3.55. The van der Waals surface area contributed by atoms with Gasteiger partial charge >= 0.3 is 6.01 Å². The zero-order valence-electron chi connectivity index (χ0n) is 17.7. The molecule has 2 aliphatic rings. The van der Waals surface area contributed by atoms with Gasteiger partial charge in [-0.1, -0.05) is 12.1 Å². The minimum Gasteiger partial charge on any atom is -0.478 e. The first-order valence-electron chi connectivity index (χ1n) is 10.8. The largest absolute Gasteiger partial charge is 0.478 e. The lowest BCUT2D eigenvalue weighted by molar-refractivity contribution is 0.274. The number of rotatable bonds is 9. The molecule has 164 valence electrons. The van der Waals surface area contributed by atoms with Gasteiger partial charge in [0.1, 0.15) is 0 Å². The van der Waals surface area contributed by atoms with Crippen molar-refractivity contribution in [1.82, 2.24) is 15.1 Å². The summed E-state index contributed by atoms with van der Waals surface area (Å²) >= 11 is 0. The summed E-state index contributed by atoms with van der Waals surface area (Å²) in [5, 5.41) is 4.06. The quantitative estimate of drug-likeness (QED) is 0.594. The molecule has 0 amide bonds. The van der Waals surface area contributed by atoms with Crippen LogP contribution in [0.2, 0.25) is 0 Å². The summed E-state index contributed by atoms with van der Waals surface area (Å²) in [6, 6.07) is 3.84. The van der Waals surface area contributed by atoms with E-state index in [1.165, 1.54) is 31.7 Å². The zero-order chi connectivity index (χ0) is 21.1. The van der Waals surface area contributed by atoms with Crippen molar-refractivity contribution in [3.63, 3.8) is 0 Å². The van der Waals surface area contributed by atoms with Crippen LogP contribution in [-0.2, 0) is 16.3 Å². The maximum atomic E-state index is 11.5. The van der Waals surface area contributed by atoms with E-state index in [9.17, 15) is 8.42 Å². The van der Waals surface area contributed by atoms with Gasteiger partial charge in [0.05, 0.1) is 11.5 Å². The number of pyridine rings is 1. The number of aromatic nitrogens is 3. The number of piperidine rings is 1. The van der Waals surface area contributed by atoms with Crippen LogP contribution in [-0.4, -0.2) is 49.5 Å². The molecule has 2 unspecified atom stereocenters. The maximum absolute atomic E-state index is 11.5. The van der Waals surface area contributed by atoms with E-state index in [1.54, 1.807) is 12.1 Å². The van der Waals surface area contributed by atoms with Gasteiger partial charge in [-0.05, 0) is 55.9 Å². The average molecular weight is 435 g/mol. The Morgan fingerprint density at radius 3 is 2.73 bits per heavy atom. The highest BCUT2D eigenvalue weighted by atomic mass is 32.2. The van der Waals surface area contributed by atoms with Gasteiger partial charge in [-0.15, -0.1) is 0 Å². The topological polar surface area (TPSA) is 98.4 Å². The van der Waals surface area contributed by atoms with Gasteiger partial charge in [-0.25, -0.2) is 13.4 Å². The van der Waals surface area contributed by atoms with Crippen molar-refractivity contribution in [3.05, 3.63) is 24.2 Å². The van der Waals surface area contributed by atoms with Crippen molar-refractivity contribution in [1.29, 1.82) is 0 Å². The van der Waals surface area contributed by atoms with Crippen LogP contribution >= 0.6 is 0 Å². The van der Waals surface area contributed by atoms with Gasteiger partial charge in [0.15, 0.2) is 15.7 Å². The third-order valence-electron chi connectivity index (χ3n) is 6.20. The van der Waals surface area contributed by atoms with Crippen molar-refractivity contribution in [2.24, 2.45) is 17.8 Å². The molecule has 8 nitrogen and oxygen atoms in total. The Morgan fingerprint density at radius 2 is 2.07 bits per heavy atom. The Morgan fingerprint density at radius 1 is 1.27 bits per heavy atom. The van der Waals surface area contributed by atoms with Crippen LogP contribution in [0, 0.1) is 17.8 Å². The van der Waals surface area contributed by atoms with Gasteiger partial charge in [0, 0.05) is 38.0 Å². The number of sulfone groups is 1. The standard InChI is InChI=1S/C21H30N4O4S/c1-3-4-19-23-21(29-24-19)25-10-7-15(8-11-25)18-13-16(18)9-12-28-20-6-5-17(14-22-20)30(2,26)27/h5-6,14-16,18H,3-4,7-13H2,1-2H3. The molecule has 0 spiro atoms. The second-order valence-electron chi connectivity index (χ2n) is 8.47. The van der Waals surface area contributed by atoms with Crippen LogP contribution in [0.4, 0.5) is 6.01 Å². The fourth-order valence-electron chi connectivity index (χ4n) is 4.38. The van der Waals surface area contributed by atoms with Crippen LogP contribution in [0.1, 0.15) is 44.9 Å². The maximum Gasteiger partial charge on any atom is 0.324 e. The second-order valence-corrected chi connectivity index (χ2v) is 10.5. The summed E-state index contributed by atoms with van der Waals surface area (Å²) in [4.78, 5) is 11.0. The lowest BCUT2D eigenvalue weighted by Gasteiger charge is -2.30. The Hall–Kier alpha value is -2.16. The summed E-state index contributed by atoms with van der Waals surface area (Å²) < 4.78 is 34.1. The van der Waals surface area contributed by atoms with E-state index in [4.69, 9.17) is 9.26 Å². The molecule has 0 N–H and O–H groups in total. The van der Waals surface area contributed by atoms with E-state index in [0.717, 1.165) is 55.9 Å². The first-order valence-corrected chi connectivity index (χ1v) is 12.7. The SMILES string of the molecule is CCCc1noc(N2CCC(C3CC3CCOc3ccc(S(C)(=O)=O)cn3)CC2)n1. The molecule has 1 saturated carbocycles. The van der Waals surface area contributed by atoms with E-state index >= 15 is 0 Å². The molecule has 1 saturated heterocycles. The first-order chi connectivity index (χ1) is 14.4. The lowest BCUT2D eigenvalue weighted by Crippen LogP contribution is -2.34. The van der Waals surface area contributed by atoms with Crippen LogP contribution < -0.4 is 9.64 Å². The molecule has 1 aliphatic carbocycles. The Bertz CT molecular complexity index is 936. The van der Waals surface area contributed by atoms with E-state index in [0.29, 0.717) is 18.5 Å². The molecule has 1 aliphatic heterocycles. The predicted molar refractivity (Wildman–Crippen MR) is 112 cm³/mol. The monoisotopic (exact) mass is 434 g/mol. The normalized spacial score (nSPS) is 22.3. The highest BCUT2D eigenvalue weighted by molar-refractivity contribution is 7.90. The number of ether oxygens (including phenoxy) is 1. The molecule has 0 bridgehead atoms. The van der Waals surface area contributed by atoms with Gasteiger partial charge < -0.3 is 14.2 Å². The van der Waals surface area contributed by atoms with E-state index in [-0.39, 0.29) is 4.90 Å². The number of nitrogens with zero attached hydrogens (tertiary/aromatic N) is 4. The van der Waals surface area contributed by atoms with Gasteiger partial charge in [0.2, 0.25) is 5.88 Å². The van der Waals surface area contributed by atoms with Crippen LogP contribution in [0.15, 0.2) is 27.7 Å². The summed E-state index contributed by atoms with van der Waals surface area (Å²) in [7, 11) is -3.22. The van der Waals surface area contributed by atoms with Crippen LogP contribution in [0.5, 0.6) is 5.88 Å². The van der Waals surface area contributed by atoms with Crippen molar-refractivity contribution >= 4 is 15.9 Å². The molecule has 30 heavy (non-hydrogen) atoms. The second kappa shape index (κ2) is 8.91. The molecular weight excluding hydrogens is 404 g/mol. The molecule has 0 radical (unpaired) electrons. The molecule has 0 aromatic carbocycles. The molecular formula is C21H30N4O4S. The third kappa shape index (κ3) is 5.11. The number of hydrogen-bond acceptors (Lipinski definition) is 8. The van der Waals surface area contributed by atoms with Gasteiger partial charge in [-0.2, -0.15) is 4.98 Å². The van der Waals surface area contributed by atoms with E-state index in [1.807, 2.05) is 0 Å². The van der Waals surface area contributed by atoms with Gasteiger partial charge in [0.25, 0.3) is 0 Å². The fraction of sp³-hybridized carbons (Fsp3) is 0.667. The fourth-order valence-corrected chi connectivity index (χ4v) is 4.94. The number of hydrogen-bond donors (Lipinski definition) is 0.